The molecule has 14 nitrogen and oxygen atoms in total. The van der Waals surface area contributed by atoms with Crippen molar-refractivity contribution >= 4 is 52.4 Å². The number of pyridine rings is 1. The van der Waals surface area contributed by atoms with E-state index in [1.165, 1.54) is 31.3 Å². The second-order valence-corrected chi connectivity index (χ2v) is 11.2. The van der Waals surface area contributed by atoms with E-state index in [4.69, 9.17) is 25.9 Å². The number of amidine groups is 1. The quantitative estimate of drug-likeness (QED) is 0.0733. The number of guanidine groups is 1. The van der Waals surface area contributed by atoms with Gasteiger partial charge in [0.2, 0.25) is 11.7 Å². The van der Waals surface area contributed by atoms with Crippen molar-refractivity contribution in [1.82, 2.24) is 15.2 Å². The first kappa shape index (κ1) is 34.3. The summed E-state index contributed by atoms with van der Waals surface area (Å²) in [6, 6.07) is 12.9. The number of carboxylic acids is 1. The molecule has 3 aromatic rings. The summed E-state index contributed by atoms with van der Waals surface area (Å²) in [5.41, 5.74) is 12.4. The number of hydrogen-bond donors (Lipinski definition) is 5. The number of nitrogens with two attached hydrogens (primary N) is 2. The molecule has 15 heteroatoms. The lowest BCUT2D eigenvalue weighted by Gasteiger charge is -2.28. The molecular weight excluding hydrogens is 626 g/mol. The summed E-state index contributed by atoms with van der Waals surface area (Å²) in [5, 5.41) is 23.1. The van der Waals surface area contributed by atoms with Gasteiger partial charge in [-0.1, -0.05) is 18.2 Å². The van der Waals surface area contributed by atoms with Crippen molar-refractivity contribution < 1.29 is 34.1 Å². The molecule has 2 aromatic carbocycles. The molecule has 1 fully saturated rings. The number of nitrogens with zero attached hydrogens (tertiary/aromatic N) is 4. The highest BCUT2D eigenvalue weighted by Gasteiger charge is 2.42. The van der Waals surface area contributed by atoms with E-state index >= 15 is 0 Å². The molecule has 0 bridgehead atoms. The molecule has 1 saturated heterocycles. The first-order chi connectivity index (χ1) is 22.6. The van der Waals surface area contributed by atoms with E-state index in [-0.39, 0.29) is 59.1 Å². The average molecular weight is 662 g/mol. The van der Waals surface area contributed by atoms with Crippen molar-refractivity contribution in [3.8, 4) is 17.2 Å². The van der Waals surface area contributed by atoms with E-state index in [1.807, 2.05) is 6.07 Å². The Morgan fingerprint density at radius 2 is 1.74 bits per heavy atom. The Kier molecular flexibility index (Phi) is 11.8. The number of para-hydroxylation sites is 1. The first-order valence-electron chi connectivity index (χ1n) is 14.4. The van der Waals surface area contributed by atoms with Crippen LogP contribution in [0.2, 0.25) is 0 Å². The number of nitrogens with one attached hydrogen (secondary N) is 1. The number of aromatic nitrogens is 1. The molecule has 0 saturated carbocycles. The lowest BCUT2D eigenvalue weighted by molar-refractivity contribution is -0.143. The molecule has 1 aromatic heterocycles. The van der Waals surface area contributed by atoms with Crippen LogP contribution < -0.4 is 26.3 Å². The predicted octanol–water partition coefficient (Wildman–Crippen LogP) is 2.64. The van der Waals surface area contributed by atoms with Crippen LogP contribution in [0.4, 0.5) is 5.69 Å². The Morgan fingerprint density at radius 1 is 1.09 bits per heavy atom. The standard InChI is InChI=1S/C32H35N7O7S/c1-45-24-16-20(17-25(46-2)27(24)40)18-26-29(42)39(32(47-26)37-21-7-4-3-5-8-21)23(15-19-10-13-35-14-11-19)28(41)38-22(30(43)44)9-6-12-36-31(33)34/h3-5,7-8,10-11,13-14,16-18,22-23,40H,6,9,12,15H2,1-2H3,(H,38,41)(H,43,44)(H4,33,34,36)/b26-18-,37-32?/t22?,23-/m0/s1. The summed E-state index contributed by atoms with van der Waals surface area (Å²) in [7, 11) is 2.78. The number of aliphatic carboxylic acids is 1. The molecule has 2 heterocycles. The van der Waals surface area contributed by atoms with Gasteiger partial charge in [0.1, 0.15) is 12.1 Å². The fourth-order valence-corrected chi connectivity index (χ4v) is 5.71. The molecule has 2 amide bonds. The molecule has 2 atom stereocenters. The van der Waals surface area contributed by atoms with Crippen LogP contribution >= 0.6 is 11.8 Å². The Hall–Kier alpha value is -5.57. The number of carbonyl (C=O) groups excluding carboxylic acids is 2. The van der Waals surface area contributed by atoms with Crippen molar-refractivity contribution in [2.45, 2.75) is 31.3 Å². The van der Waals surface area contributed by atoms with Gasteiger partial charge in [0, 0.05) is 25.4 Å². The van der Waals surface area contributed by atoms with Gasteiger partial charge in [-0.3, -0.25) is 24.5 Å². The molecule has 0 aliphatic carbocycles. The van der Waals surface area contributed by atoms with E-state index < -0.39 is 29.9 Å². The number of amides is 2. The number of aromatic hydroxyl groups is 1. The third-order valence-corrected chi connectivity index (χ3v) is 7.95. The van der Waals surface area contributed by atoms with Gasteiger partial charge >= 0.3 is 5.97 Å². The van der Waals surface area contributed by atoms with Crippen LogP contribution in [0.5, 0.6) is 17.2 Å². The van der Waals surface area contributed by atoms with Crippen LogP contribution in [0.25, 0.3) is 6.08 Å². The monoisotopic (exact) mass is 661 g/mol. The second-order valence-electron chi connectivity index (χ2n) is 10.2. The minimum atomic E-state index is -1.27. The highest BCUT2D eigenvalue weighted by Crippen LogP contribution is 2.40. The summed E-state index contributed by atoms with van der Waals surface area (Å²) in [6.45, 7) is 0.179. The number of ether oxygens (including phenoxy) is 2. The maximum Gasteiger partial charge on any atom is 0.326 e. The minimum absolute atomic E-state index is 0.0307. The fraction of sp³-hybridized carbons (Fsp3) is 0.250. The average Bonchev–Trinajstić information content (AvgIpc) is 3.35. The number of benzene rings is 2. The van der Waals surface area contributed by atoms with Gasteiger partial charge in [-0.15, -0.1) is 0 Å². The normalized spacial score (nSPS) is 15.7. The number of methoxy groups -OCH3 is 2. The van der Waals surface area contributed by atoms with Crippen molar-refractivity contribution in [3.63, 3.8) is 0 Å². The van der Waals surface area contributed by atoms with Crippen LogP contribution in [0.3, 0.4) is 0 Å². The fourth-order valence-electron chi connectivity index (χ4n) is 4.67. The van der Waals surface area contributed by atoms with E-state index in [9.17, 15) is 24.6 Å². The van der Waals surface area contributed by atoms with Gasteiger partial charge in [-0.25, -0.2) is 9.79 Å². The number of carboxylic acid groups (broad SMARTS) is 1. The molecule has 1 aliphatic heterocycles. The highest BCUT2D eigenvalue weighted by molar-refractivity contribution is 8.18. The van der Waals surface area contributed by atoms with Crippen molar-refractivity contribution in [1.29, 1.82) is 0 Å². The molecule has 0 spiro atoms. The third-order valence-electron chi connectivity index (χ3n) is 6.97. The predicted molar refractivity (Wildman–Crippen MR) is 178 cm³/mol. The summed E-state index contributed by atoms with van der Waals surface area (Å²) >= 11 is 1.04. The number of aliphatic imine (C=N–C) groups is 2. The molecule has 47 heavy (non-hydrogen) atoms. The van der Waals surface area contributed by atoms with Gasteiger partial charge < -0.3 is 36.5 Å². The van der Waals surface area contributed by atoms with E-state index in [0.717, 1.165) is 11.8 Å². The smallest absolute Gasteiger partial charge is 0.326 e. The zero-order chi connectivity index (χ0) is 33.9. The zero-order valence-corrected chi connectivity index (χ0v) is 26.5. The van der Waals surface area contributed by atoms with Gasteiger partial charge in [0.15, 0.2) is 22.6 Å². The van der Waals surface area contributed by atoms with Crippen LogP contribution in [-0.4, -0.2) is 81.9 Å². The van der Waals surface area contributed by atoms with E-state index in [0.29, 0.717) is 16.8 Å². The highest BCUT2D eigenvalue weighted by atomic mass is 32.2. The molecule has 1 unspecified atom stereocenters. The number of phenolic OH excluding ortho intramolecular Hbond substituents is 1. The van der Waals surface area contributed by atoms with Gasteiger partial charge in [-0.05, 0) is 78.2 Å². The zero-order valence-electron chi connectivity index (χ0n) is 25.7. The number of carbonyl (C=O) groups is 3. The molecular formula is C32H35N7O7S. The molecule has 1 aliphatic rings. The number of phenols is 1. The summed E-state index contributed by atoms with van der Waals surface area (Å²) in [6.07, 6.45) is 5.06. The number of hydrogen-bond acceptors (Lipinski definition) is 10. The van der Waals surface area contributed by atoms with Crippen molar-refractivity contribution in [3.05, 3.63) is 83.0 Å². The Labute approximate surface area is 275 Å². The first-order valence-corrected chi connectivity index (χ1v) is 15.2. The van der Waals surface area contributed by atoms with Crippen molar-refractivity contribution in [2.75, 3.05) is 20.8 Å². The summed E-state index contributed by atoms with van der Waals surface area (Å²) in [5.74, 6) is -2.53. The largest absolute Gasteiger partial charge is 0.502 e. The molecule has 246 valence electrons. The lowest BCUT2D eigenvalue weighted by Crippen LogP contribution is -2.54. The topological polar surface area (TPSA) is 215 Å². The third kappa shape index (κ3) is 9.00. The van der Waals surface area contributed by atoms with Crippen LogP contribution in [0.1, 0.15) is 24.0 Å². The van der Waals surface area contributed by atoms with Crippen LogP contribution in [-0.2, 0) is 20.8 Å². The maximum absolute atomic E-state index is 14.2. The number of rotatable bonds is 14. The van der Waals surface area contributed by atoms with Gasteiger partial charge in [0.25, 0.3) is 5.91 Å². The van der Waals surface area contributed by atoms with E-state index in [2.05, 4.69) is 15.3 Å². The second kappa shape index (κ2) is 16.1. The SMILES string of the molecule is COc1cc(/C=C2\SC(=Nc3ccccc3)N([C@@H](Cc3ccncc3)C(=O)NC(CCCN=C(N)N)C(=O)O)C2=O)cc(OC)c1O. The Morgan fingerprint density at radius 3 is 2.34 bits per heavy atom. The maximum atomic E-state index is 14.2. The molecule has 0 radical (unpaired) electrons. The molecule has 7 N–H and O–H groups in total. The van der Waals surface area contributed by atoms with Crippen LogP contribution in [0.15, 0.2) is 81.9 Å². The lowest BCUT2D eigenvalue weighted by atomic mass is 10.0. The Balaban J connectivity index is 1.77. The summed E-state index contributed by atoms with van der Waals surface area (Å²) in [4.78, 5) is 54.5. The molecule has 4 rings (SSSR count). The van der Waals surface area contributed by atoms with Gasteiger partial charge in [-0.2, -0.15) is 0 Å². The number of thioether (sulfide) groups is 1. The van der Waals surface area contributed by atoms with E-state index in [1.54, 1.807) is 54.9 Å². The Bertz CT molecular complexity index is 1650. The van der Waals surface area contributed by atoms with Crippen molar-refractivity contribution in [2.24, 2.45) is 21.5 Å². The van der Waals surface area contributed by atoms with Crippen LogP contribution in [0, 0.1) is 0 Å². The minimum Gasteiger partial charge on any atom is -0.502 e. The van der Waals surface area contributed by atoms with Gasteiger partial charge in [0.05, 0.1) is 24.8 Å². The summed E-state index contributed by atoms with van der Waals surface area (Å²) < 4.78 is 10.5.